The van der Waals surface area contributed by atoms with Gasteiger partial charge in [-0.1, -0.05) is 0 Å². The van der Waals surface area contributed by atoms with Crippen molar-refractivity contribution in [3.8, 4) is 11.8 Å². The predicted molar refractivity (Wildman–Crippen MR) is 63.9 cm³/mol. The molecule has 0 bridgehead atoms. The molecule has 17 heavy (non-hydrogen) atoms. The van der Waals surface area contributed by atoms with Crippen LogP contribution in [0.25, 0.3) is 0 Å². The second kappa shape index (κ2) is 6.24. The van der Waals surface area contributed by atoms with E-state index in [1.165, 1.54) is 0 Å². The highest BCUT2D eigenvalue weighted by Gasteiger charge is 2.10. The lowest BCUT2D eigenvalue weighted by molar-refractivity contribution is -0.122. The van der Waals surface area contributed by atoms with Crippen LogP contribution in [0.1, 0.15) is 16.7 Å². The first kappa shape index (κ1) is 13.5. The lowest BCUT2D eigenvalue weighted by Gasteiger charge is -2.17. The lowest BCUT2D eigenvalue weighted by Crippen LogP contribution is -2.22. The van der Waals surface area contributed by atoms with E-state index in [4.69, 9.17) is 19.5 Å². The van der Waals surface area contributed by atoms with E-state index in [1.54, 1.807) is 26.4 Å². The van der Waals surface area contributed by atoms with Gasteiger partial charge in [-0.3, -0.25) is 0 Å². The van der Waals surface area contributed by atoms with Gasteiger partial charge in [-0.05, 0) is 37.1 Å². The summed E-state index contributed by atoms with van der Waals surface area (Å²) in [6.07, 6.45) is -0.385. The Bertz CT molecular complexity index is 396. The molecule has 0 fully saturated rings. The molecule has 0 atom stereocenters. The number of methoxy groups -OCH3 is 2. The van der Waals surface area contributed by atoms with Crippen molar-refractivity contribution >= 4 is 0 Å². The molecule has 0 aliphatic heterocycles. The minimum Gasteiger partial charge on any atom is -0.488 e. The average molecular weight is 235 g/mol. The summed E-state index contributed by atoms with van der Waals surface area (Å²) >= 11 is 0. The molecule has 0 radical (unpaired) electrons. The average Bonchev–Trinajstić information content (AvgIpc) is 2.32. The van der Waals surface area contributed by atoms with E-state index in [2.05, 4.69) is 6.07 Å². The number of ether oxygens (including phenoxy) is 3. The highest BCUT2D eigenvalue weighted by Crippen LogP contribution is 2.24. The molecule has 0 aromatic heterocycles. The van der Waals surface area contributed by atoms with Crippen molar-refractivity contribution in [2.24, 2.45) is 0 Å². The maximum Gasteiger partial charge on any atom is 0.191 e. The van der Waals surface area contributed by atoms with Gasteiger partial charge in [0.1, 0.15) is 12.4 Å². The first-order valence-electron chi connectivity index (χ1n) is 5.32. The van der Waals surface area contributed by atoms with Crippen LogP contribution < -0.4 is 4.74 Å². The Labute approximate surface area is 102 Å². The van der Waals surface area contributed by atoms with Crippen LogP contribution in [0.4, 0.5) is 0 Å². The third-order valence-electron chi connectivity index (χ3n) is 2.48. The molecule has 1 rings (SSSR count). The van der Waals surface area contributed by atoms with Crippen LogP contribution in [0.3, 0.4) is 0 Å². The van der Waals surface area contributed by atoms with Gasteiger partial charge in [0.2, 0.25) is 0 Å². The molecule has 0 unspecified atom stereocenters. The standard InChI is InChI=1S/C13H17NO3/c1-9-5-11(7-14)6-10(2)13(9)17-8-12(15-3)16-4/h5-6,12H,8H2,1-4H3. The summed E-state index contributed by atoms with van der Waals surface area (Å²) in [7, 11) is 3.13. The van der Waals surface area contributed by atoms with Gasteiger partial charge in [-0.25, -0.2) is 0 Å². The molecule has 0 N–H and O–H groups in total. The SMILES string of the molecule is COC(COc1c(C)cc(C#N)cc1C)OC. The van der Waals surface area contributed by atoms with Crippen LogP contribution in [0.2, 0.25) is 0 Å². The summed E-state index contributed by atoms with van der Waals surface area (Å²) in [5.41, 5.74) is 2.52. The molecule has 0 amide bonds. The van der Waals surface area contributed by atoms with Crippen LogP contribution in [-0.4, -0.2) is 27.1 Å². The van der Waals surface area contributed by atoms with Gasteiger partial charge < -0.3 is 14.2 Å². The van der Waals surface area contributed by atoms with Gasteiger partial charge in [-0.2, -0.15) is 5.26 Å². The van der Waals surface area contributed by atoms with Gasteiger partial charge in [0.25, 0.3) is 0 Å². The van der Waals surface area contributed by atoms with Gasteiger partial charge >= 0.3 is 0 Å². The zero-order chi connectivity index (χ0) is 12.8. The maximum absolute atomic E-state index is 8.84. The van der Waals surface area contributed by atoms with E-state index in [-0.39, 0.29) is 6.29 Å². The minimum absolute atomic E-state index is 0.320. The third-order valence-corrected chi connectivity index (χ3v) is 2.48. The third kappa shape index (κ3) is 3.45. The van der Waals surface area contributed by atoms with Gasteiger partial charge in [-0.15, -0.1) is 0 Å². The summed E-state index contributed by atoms with van der Waals surface area (Å²) in [4.78, 5) is 0. The maximum atomic E-state index is 8.84. The highest BCUT2D eigenvalue weighted by molar-refractivity contribution is 5.47. The molecule has 0 saturated heterocycles. The van der Waals surface area contributed by atoms with E-state index in [0.717, 1.165) is 16.9 Å². The molecule has 0 aliphatic rings. The molecule has 0 spiro atoms. The summed E-state index contributed by atoms with van der Waals surface area (Å²) in [6, 6.07) is 5.72. The van der Waals surface area contributed by atoms with E-state index in [0.29, 0.717) is 12.2 Å². The number of nitriles is 1. The van der Waals surface area contributed by atoms with Crippen LogP contribution in [0.5, 0.6) is 5.75 Å². The quantitative estimate of drug-likeness (QED) is 0.734. The van der Waals surface area contributed by atoms with Crippen molar-refractivity contribution in [1.29, 1.82) is 5.26 Å². The fraction of sp³-hybridized carbons (Fsp3) is 0.462. The van der Waals surface area contributed by atoms with Gasteiger partial charge in [0.05, 0.1) is 11.6 Å². The van der Waals surface area contributed by atoms with Crippen LogP contribution in [0.15, 0.2) is 12.1 Å². The summed E-state index contributed by atoms with van der Waals surface area (Å²) in [6.45, 7) is 4.15. The van der Waals surface area contributed by atoms with E-state index in [1.807, 2.05) is 13.8 Å². The number of hydrogen-bond donors (Lipinski definition) is 0. The lowest BCUT2D eigenvalue weighted by atomic mass is 10.1. The van der Waals surface area contributed by atoms with Crippen molar-refractivity contribution < 1.29 is 14.2 Å². The monoisotopic (exact) mass is 235 g/mol. The number of nitrogens with zero attached hydrogens (tertiary/aromatic N) is 1. The Morgan fingerprint density at radius 2 is 1.71 bits per heavy atom. The van der Waals surface area contributed by atoms with E-state index < -0.39 is 0 Å². The molecule has 1 aromatic rings. The number of hydrogen-bond acceptors (Lipinski definition) is 4. The molecule has 92 valence electrons. The van der Waals surface area contributed by atoms with Crippen LogP contribution >= 0.6 is 0 Å². The molecular formula is C13H17NO3. The molecule has 0 saturated carbocycles. The first-order valence-corrected chi connectivity index (χ1v) is 5.32. The van der Waals surface area contributed by atoms with Crippen LogP contribution in [-0.2, 0) is 9.47 Å². The zero-order valence-corrected chi connectivity index (χ0v) is 10.6. The summed E-state index contributed by atoms with van der Waals surface area (Å²) in [5, 5.41) is 8.84. The smallest absolute Gasteiger partial charge is 0.191 e. The highest BCUT2D eigenvalue weighted by atomic mass is 16.7. The molecule has 1 aromatic carbocycles. The number of rotatable bonds is 5. The van der Waals surface area contributed by atoms with Crippen molar-refractivity contribution in [1.82, 2.24) is 0 Å². The Balaban J connectivity index is 2.82. The first-order chi connectivity index (χ1) is 8.12. The normalized spacial score (nSPS) is 10.4. The number of benzene rings is 1. The van der Waals surface area contributed by atoms with E-state index >= 15 is 0 Å². The molecule has 0 heterocycles. The van der Waals surface area contributed by atoms with Crippen molar-refractivity contribution in [3.63, 3.8) is 0 Å². The van der Waals surface area contributed by atoms with Crippen molar-refractivity contribution in [3.05, 3.63) is 28.8 Å². The van der Waals surface area contributed by atoms with Gasteiger partial charge in [0, 0.05) is 14.2 Å². The topological polar surface area (TPSA) is 51.5 Å². The molecule has 4 heteroatoms. The second-order valence-corrected chi connectivity index (χ2v) is 3.76. The fourth-order valence-electron chi connectivity index (χ4n) is 1.63. The van der Waals surface area contributed by atoms with Crippen LogP contribution in [0, 0.1) is 25.2 Å². The predicted octanol–water partition coefficient (Wildman–Crippen LogP) is 2.17. The second-order valence-electron chi connectivity index (χ2n) is 3.76. The molecule has 0 aliphatic carbocycles. The molecular weight excluding hydrogens is 218 g/mol. The van der Waals surface area contributed by atoms with Gasteiger partial charge in [0.15, 0.2) is 6.29 Å². The Hall–Kier alpha value is -1.57. The molecule has 4 nitrogen and oxygen atoms in total. The van der Waals surface area contributed by atoms with E-state index in [9.17, 15) is 0 Å². The fourth-order valence-corrected chi connectivity index (χ4v) is 1.63. The summed E-state index contributed by atoms with van der Waals surface area (Å²) in [5.74, 6) is 0.781. The summed E-state index contributed by atoms with van der Waals surface area (Å²) < 4.78 is 15.7. The number of aryl methyl sites for hydroxylation is 2. The Morgan fingerprint density at radius 3 is 2.12 bits per heavy atom. The largest absolute Gasteiger partial charge is 0.488 e. The Morgan fingerprint density at radius 1 is 1.18 bits per heavy atom. The minimum atomic E-state index is -0.385. The Kier molecular flexibility index (Phi) is 4.95. The van der Waals surface area contributed by atoms with Crippen molar-refractivity contribution in [2.75, 3.05) is 20.8 Å². The zero-order valence-electron chi connectivity index (χ0n) is 10.6. The van der Waals surface area contributed by atoms with Crippen molar-refractivity contribution in [2.45, 2.75) is 20.1 Å².